The second kappa shape index (κ2) is 6.22. The van der Waals surface area contributed by atoms with Gasteiger partial charge in [-0.05, 0) is 26.8 Å². The fourth-order valence-corrected chi connectivity index (χ4v) is 2.64. The zero-order valence-corrected chi connectivity index (χ0v) is 13.1. The van der Waals surface area contributed by atoms with Gasteiger partial charge in [0.1, 0.15) is 17.0 Å². The Balaban J connectivity index is 2.36. The van der Waals surface area contributed by atoms with Crippen LogP contribution in [0.2, 0.25) is 0 Å². The van der Waals surface area contributed by atoms with Gasteiger partial charge in [0.05, 0.1) is 19.8 Å². The molecule has 0 aliphatic carbocycles. The van der Waals surface area contributed by atoms with Gasteiger partial charge < -0.3 is 19.9 Å². The maximum absolute atomic E-state index is 14.3. The summed E-state index contributed by atoms with van der Waals surface area (Å²) in [5.41, 5.74) is -1.52. The molecule has 2 N–H and O–H groups in total. The number of hydrogen-bond acceptors (Lipinski definition) is 4. The lowest BCUT2D eigenvalue weighted by Crippen LogP contribution is -2.53. The van der Waals surface area contributed by atoms with Gasteiger partial charge in [0.15, 0.2) is 0 Å². The summed E-state index contributed by atoms with van der Waals surface area (Å²) in [7, 11) is 0. The standard InChI is InChI=1S/C16H22FNO4/c1-15(2,3)22-14(20)18-16(10-21-9-11(16)8-19)12-6-4-5-7-13(12)17/h4-7,11,19H,8-10H2,1-3H3,(H,18,20)/t11-,16+/m1/s1. The lowest BCUT2D eigenvalue weighted by Gasteiger charge is -2.35. The number of amides is 1. The van der Waals surface area contributed by atoms with Crippen LogP contribution in [0, 0.1) is 11.7 Å². The molecule has 1 amide bonds. The number of carbonyl (C=O) groups is 1. The van der Waals surface area contributed by atoms with Crippen LogP contribution >= 0.6 is 0 Å². The summed E-state index contributed by atoms with van der Waals surface area (Å²) < 4.78 is 24.9. The average molecular weight is 311 g/mol. The molecule has 1 aliphatic rings. The minimum absolute atomic E-state index is 0.0817. The molecule has 2 atom stereocenters. The molecule has 1 heterocycles. The van der Waals surface area contributed by atoms with E-state index in [1.165, 1.54) is 6.07 Å². The van der Waals surface area contributed by atoms with Gasteiger partial charge in [-0.1, -0.05) is 18.2 Å². The van der Waals surface area contributed by atoms with Crippen molar-refractivity contribution in [1.82, 2.24) is 5.32 Å². The molecule has 1 fully saturated rings. The average Bonchev–Trinajstić information content (AvgIpc) is 2.80. The smallest absolute Gasteiger partial charge is 0.408 e. The quantitative estimate of drug-likeness (QED) is 0.898. The Kier molecular flexibility index (Phi) is 4.72. The lowest BCUT2D eigenvalue weighted by molar-refractivity contribution is 0.0392. The monoisotopic (exact) mass is 311 g/mol. The molecule has 6 heteroatoms. The Bertz CT molecular complexity index is 543. The molecule has 1 aromatic carbocycles. The van der Waals surface area contributed by atoms with Crippen molar-refractivity contribution in [3.8, 4) is 0 Å². The lowest BCUT2D eigenvalue weighted by atomic mass is 9.80. The van der Waals surface area contributed by atoms with Crippen molar-refractivity contribution in [2.45, 2.75) is 31.9 Å². The molecule has 0 radical (unpaired) electrons. The molecule has 22 heavy (non-hydrogen) atoms. The topological polar surface area (TPSA) is 67.8 Å². The maximum Gasteiger partial charge on any atom is 0.408 e. The van der Waals surface area contributed by atoms with Crippen molar-refractivity contribution in [3.63, 3.8) is 0 Å². The molecule has 1 aliphatic heterocycles. The van der Waals surface area contributed by atoms with Crippen LogP contribution in [0.4, 0.5) is 9.18 Å². The third kappa shape index (κ3) is 3.39. The molecule has 1 saturated heterocycles. The van der Waals surface area contributed by atoms with E-state index in [0.717, 1.165) is 0 Å². The van der Waals surface area contributed by atoms with Crippen LogP contribution in [-0.4, -0.2) is 36.6 Å². The van der Waals surface area contributed by atoms with Gasteiger partial charge in [0.2, 0.25) is 0 Å². The predicted octanol–water partition coefficient (Wildman–Crippen LogP) is 2.18. The Labute approximate surface area is 129 Å². The van der Waals surface area contributed by atoms with Gasteiger partial charge in [0, 0.05) is 11.5 Å². The van der Waals surface area contributed by atoms with Gasteiger partial charge in [-0.2, -0.15) is 0 Å². The number of carbonyl (C=O) groups excluding carboxylic acids is 1. The van der Waals surface area contributed by atoms with E-state index in [1.54, 1.807) is 39.0 Å². The number of alkyl carbamates (subject to hydrolysis) is 1. The van der Waals surface area contributed by atoms with Crippen LogP contribution in [0.1, 0.15) is 26.3 Å². The molecule has 2 rings (SSSR count). The van der Waals surface area contributed by atoms with Crippen molar-refractivity contribution in [2.24, 2.45) is 5.92 Å². The van der Waals surface area contributed by atoms with E-state index in [9.17, 15) is 14.3 Å². The van der Waals surface area contributed by atoms with E-state index >= 15 is 0 Å². The first-order valence-corrected chi connectivity index (χ1v) is 7.23. The number of nitrogens with one attached hydrogen (secondary N) is 1. The SMILES string of the molecule is CC(C)(C)OC(=O)N[C@@]1(c2ccccc2F)COC[C@H]1CO. The third-order valence-corrected chi connectivity index (χ3v) is 3.64. The highest BCUT2D eigenvalue weighted by Gasteiger charge is 2.48. The summed E-state index contributed by atoms with van der Waals surface area (Å²) in [5.74, 6) is -0.903. The summed E-state index contributed by atoms with van der Waals surface area (Å²) in [6, 6.07) is 6.16. The second-order valence-corrected chi connectivity index (χ2v) is 6.47. The maximum atomic E-state index is 14.3. The van der Waals surface area contributed by atoms with E-state index in [-0.39, 0.29) is 25.4 Å². The molecule has 0 saturated carbocycles. The molecule has 0 aromatic heterocycles. The van der Waals surface area contributed by atoms with Gasteiger partial charge in [-0.15, -0.1) is 0 Å². The van der Waals surface area contributed by atoms with Gasteiger partial charge >= 0.3 is 6.09 Å². The minimum atomic E-state index is -1.14. The zero-order chi connectivity index (χ0) is 16.4. The van der Waals surface area contributed by atoms with E-state index in [1.807, 2.05) is 0 Å². The van der Waals surface area contributed by atoms with E-state index in [2.05, 4.69) is 5.32 Å². The van der Waals surface area contributed by atoms with Crippen LogP contribution in [0.15, 0.2) is 24.3 Å². The van der Waals surface area contributed by atoms with Crippen molar-refractivity contribution >= 4 is 6.09 Å². The zero-order valence-electron chi connectivity index (χ0n) is 13.1. The Morgan fingerprint density at radius 1 is 1.50 bits per heavy atom. The number of ether oxygens (including phenoxy) is 2. The van der Waals surface area contributed by atoms with Crippen LogP contribution in [0.5, 0.6) is 0 Å². The van der Waals surface area contributed by atoms with Crippen LogP contribution < -0.4 is 5.32 Å². The summed E-state index contributed by atoms with van der Waals surface area (Å²) in [6.07, 6.45) is -0.667. The molecule has 0 spiro atoms. The molecule has 122 valence electrons. The normalized spacial score (nSPS) is 25.0. The number of aliphatic hydroxyl groups excluding tert-OH is 1. The second-order valence-electron chi connectivity index (χ2n) is 6.47. The number of hydrogen-bond donors (Lipinski definition) is 2. The highest BCUT2D eigenvalue weighted by Crippen LogP contribution is 2.37. The fraction of sp³-hybridized carbons (Fsp3) is 0.562. The van der Waals surface area contributed by atoms with Gasteiger partial charge in [-0.25, -0.2) is 9.18 Å². The van der Waals surface area contributed by atoms with Gasteiger partial charge in [0.25, 0.3) is 0 Å². The number of halogens is 1. The molecule has 1 aromatic rings. The number of rotatable bonds is 3. The summed E-state index contributed by atoms with van der Waals surface area (Å²) in [4.78, 5) is 12.2. The molecular formula is C16H22FNO4. The molecule has 5 nitrogen and oxygen atoms in total. The van der Waals surface area contributed by atoms with Crippen LogP contribution in [-0.2, 0) is 15.0 Å². The Hall–Kier alpha value is -1.66. The van der Waals surface area contributed by atoms with Crippen molar-refractivity contribution in [1.29, 1.82) is 0 Å². The highest BCUT2D eigenvalue weighted by atomic mass is 19.1. The fourth-order valence-electron chi connectivity index (χ4n) is 2.64. The van der Waals surface area contributed by atoms with Gasteiger partial charge in [-0.3, -0.25) is 0 Å². The predicted molar refractivity (Wildman–Crippen MR) is 78.8 cm³/mol. The van der Waals surface area contributed by atoms with E-state index in [4.69, 9.17) is 9.47 Å². The highest BCUT2D eigenvalue weighted by molar-refractivity contribution is 5.69. The van der Waals surface area contributed by atoms with Crippen LogP contribution in [0.25, 0.3) is 0 Å². The molecule has 0 unspecified atom stereocenters. The first kappa shape index (κ1) is 16.7. The first-order valence-electron chi connectivity index (χ1n) is 7.23. The summed E-state index contributed by atoms with van der Waals surface area (Å²) >= 11 is 0. The largest absolute Gasteiger partial charge is 0.444 e. The summed E-state index contributed by atoms with van der Waals surface area (Å²) in [5, 5.41) is 12.3. The Morgan fingerprint density at radius 3 is 2.77 bits per heavy atom. The summed E-state index contributed by atoms with van der Waals surface area (Å²) in [6.45, 7) is 5.33. The van der Waals surface area contributed by atoms with E-state index in [0.29, 0.717) is 0 Å². The molecule has 0 bridgehead atoms. The van der Waals surface area contributed by atoms with E-state index < -0.39 is 29.0 Å². The number of benzene rings is 1. The first-order chi connectivity index (χ1) is 10.3. The molecular weight excluding hydrogens is 289 g/mol. The Morgan fingerprint density at radius 2 is 2.18 bits per heavy atom. The van der Waals surface area contributed by atoms with Crippen molar-refractivity contribution < 1.29 is 23.8 Å². The third-order valence-electron chi connectivity index (χ3n) is 3.64. The van der Waals surface area contributed by atoms with Crippen molar-refractivity contribution in [2.75, 3.05) is 19.8 Å². The number of aliphatic hydroxyl groups is 1. The van der Waals surface area contributed by atoms with Crippen LogP contribution in [0.3, 0.4) is 0 Å². The van der Waals surface area contributed by atoms with Crippen molar-refractivity contribution in [3.05, 3.63) is 35.6 Å². The minimum Gasteiger partial charge on any atom is -0.444 e.